The van der Waals surface area contributed by atoms with Gasteiger partial charge in [-0.15, -0.1) is 0 Å². The zero-order chi connectivity index (χ0) is 12.2. The van der Waals surface area contributed by atoms with E-state index in [2.05, 4.69) is 4.84 Å². The Hall–Kier alpha value is -1.15. The Balaban J connectivity index is 2.79. The highest BCUT2D eigenvalue weighted by atomic mass is 35.5. The molecular weight excluding hydrogens is 258 g/mol. The van der Waals surface area contributed by atoms with Crippen LogP contribution in [0.5, 0.6) is 0 Å². The van der Waals surface area contributed by atoms with E-state index in [4.69, 9.17) is 16.7 Å². The summed E-state index contributed by atoms with van der Waals surface area (Å²) in [5.41, 5.74) is 0. The van der Waals surface area contributed by atoms with Crippen molar-refractivity contribution in [1.29, 1.82) is 0 Å². The van der Waals surface area contributed by atoms with Crippen LogP contribution in [0.1, 0.15) is 0 Å². The molecule has 0 atom stereocenters. The Morgan fingerprint density at radius 1 is 1.44 bits per heavy atom. The van der Waals surface area contributed by atoms with E-state index in [1.807, 2.05) is 0 Å². The van der Waals surface area contributed by atoms with Gasteiger partial charge in [-0.2, -0.15) is 0 Å². The van der Waals surface area contributed by atoms with Crippen molar-refractivity contribution >= 4 is 27.6 Å². The van der Waals surface area contributed by atoms with Crippen molar-refractivity contribution in [1.82, 2.24) is 4.89 Å². The number of carboxylic acid groups (broad SMARTS) is 1. The van der Waals surface area contributed by atoms with Gasteiger partial charge in [0.2, 0.25) is 0 Å². The predicted molar refractivity (Wildman–Crippen MR) is 55.4 cm³/mol. The summed E-state index contributed by atoms with van der Waals surface area (Å²) in [6.45, 7) is -0.774. The number of benzene rings is 1. The van der Waals surface area contributed by atoms with Crippen LogP contribution in [0, 0.1) is 0 Å². The van der Waals surface area contributed by atoms with Crippen LogP contribution in [0.25, 0.3) is 0 Å². The number of hydrogen-bond donors (Lipinski definition) is 2. The first kappa shape index (κ1) is 12.9. The van der Waals surface area contributed by atoms with Crippen LogP contribution in [-0.4, -0.2) is 26.1 Å². The van der Waals surface area contributed by atoms with Crippen molar-refractivity contribution in [3.05, 3.63) is 29.3 Å². The van der Waals surface area contributed by atoms with Crippen LogP contribution in [0.15, 0.2) is 29.2 Å². The number of hydrogen-bond acceptors (Lipinski definition) is 4. The molecule has 0 aliphatic rings. The second-order valence-corrected chi connectivity index (χ2v) is 4.72. The quantitative estimate of drug-likeness (QED) is 0.762. The zero-order valence-corrected chi connectivity index (χ0v) is 9.46. The lowest BCUT2D eigenvalue weighted by molar-refractivity contribution is -0.143. The van der Waals surface area contributed by atoms with Crippen molar-refractivity contribution in [3.63, 3.8) is 0 Å². The number of aliphatic carboxylic acids is 1. The monoisotopic (exact) mass is 265 g/mol. The summed E-state index contributed by atoms with van der Waals surface area (Å²) in [6, 6.07) is 5.72. The Morgan fingerprint density at radius 3 is 2.62 bits per heavy atom. The summed E-state index contributed by atoms with van der Waals surface area (Å²) in [6.07, 6.45) is 0. The molecule has 0 aliphatic carbocycles. The van der Waals surface area contributed by atoms with Gasteiger partial charge in [0.15, 0.2) is 6.61 Å². The molecule has 1 rings (SSSR count). The Labute approximate surface area is 96.8 Å². The minimum Gasteiger partial charge on any atom is -0.479 e. The molecule has 88 valence electrons. The topological polar surface area (TPSA) is 92.7 Å². The Bertz CT molecular complexity index is 487. The molecule has 0 unspecified atom stereocenters. The maximum atomic E-state index is 11.5. The molecule has 0 saturated heterocycles. The van der Waals surface area contributed by atoms with E-state index < -0.39 is 22.6 Å². The standard InChI is InChI=1S/C8H8ClNO5S/c9-6-3-1-2-4-7(6)16(13,14)10-15-5-8(11)12/h1-4,10H,5H2,(H,11,12). The summed E-state index contributed by atoms with van der Waals surface area (Å²) in [5.74, 6) is -1.29. The molecule has 1 aromatic carbocycles. The first-order valence-electron chi connectivity index (χ1n) is 4.03. The molecule has 16 heavy (non-hydrogen) atoms. The third-order valence-electron chi connectivity index (χ3n) is 1.49. The van der Waals surface area contributed by atoms with Gasteiger partial charge in [-0.3, -0.25) is 4.84 Å². The van der Waals surface area contributed by atoms with Crippen molar-refractivity contribution in [3.8, 4) is 0 Å². The maximum absolute atomic E-state index is 11.5. The Morgan fingerprint density at radius 2 is 2.06 bits per heavy atom. The summed E-state index contributed by atoms with van der Waals surface area (Å²) in [5, 5.41) is 8.27. The van der Waals surface area contributed by atoms with Gasteiger partial charge in [-0.1, -0.05) is 28.6 Å². The lowest BCUT2D eigenvalue weighted by atomic mass is 10.4. The summed E-state index contributed by atoms with van der Waals surface area (Å²) < 4.78 is 23.0. The highest BCUT2D eigenvalue weighted by Gasteiger charge is 2.17. The maximum Gasteiger partial charge on any atom is 0.331 e. The van der Waals surface area contributed by atoms with Crippen molar-refractivity contribution in [2.24, 2.45) is 0 Å². The second-order valence-electron chi connectivity index (χ2n) is 2.70. The molecule has 0 amide bonds. The van der Waals surface area contributed by atoms with Crippen LogP contribution < -0.4 is 4.89 Å². The van der Waals surface area contributed by atoms with Crippen LogP contribution in [0.2, 0.25) is 5.02 Å². The number of nitrogens with one attached hydrogen (secondary N) is 1. The van der Waals surface area contributed by atoms with Gasteiger partial charge in [0.05, 0.1) is 5.02 Å². The van der Waals surface area contributed by atoms with Gasteiger partial charge in [-0.05, 0) is 12.1 Å². The van der Waals surface area contributed by atoms with E-state index in [9.17, 15) is 13.2 Å². The van der Waals surface area contributed by atoms with Gasteiger partial charge >= 0.3 is 5.97 Å². The minimum atomic E-state index is -3.95. The highest BCUT2D eigenvalue weighted by molar-refractivity contribution is 7.89. The molecule has 1 aromatic rings. The van der Waals surface area contributed by atoms with Gasteiger partial charge in [0, 0.05) is 0 Å². The summed E-state index contributed by atoms with van der Waals surface area (Å²) in [7, 11) is -3.95. The fraction of sp³-hybridized carbons (Fsp3) is 0.125. The van der Waals surface area contributed by atoms with Gasteiger partial charge in [0.1, 0.15) is 4.90 Å². The first-order valence-corrected chi connectivity index (χ1v) is 5.89. The third kappa shape index (κ3) is 3.46. The lowest BCUT2D eigenvalue weighted by Gasteiger charge is -2.06. The Kier molecular flexibility index (Phi) is 4.25. The molecule has 6 nitrogen and oxygen atoms in total. The smallest absolute Gasteiger partial charge is 0.331 e. The number of rotatable bonds is 5. The largest absolute Gasteiger partial charge is 0.479 e. The molecule has 8 heteroatoms. The molecule has 0 bridgehead atoms. The molecule has 0 aliphatic heterocycles. The summed E-state index contributed by atoms with van der Waals surface area (Å²) in [4.78, 5) is 15.9. The molecule has 0 radical (unpaired) electrons. The predicted octanol–water partition coefficient (Wildman–Crippen LogP) is 0.634. The lowest BCUT2D eigenvalue weighted by Crippen LogP contribution is -2.27. The average Bonchev–Trinajstić information content (AvgIpc) is 2.17. The summed E-state index contributed by atoms with van der Waals surface area (Å²) >= 11 is 5.66. The average molecular weight is 266 g/mol. The van der Waals surface area contributed by atoms with Crippen molar-refractivity contribution in [2.75, 3.05) is 6.61 Å². The van der Waals surface area contributed by atoms with E-state index >= 15 is 0 Å². The van der Waals surface area contributed by atoms with Gasteiger partial charge in [0.25, 0.3) is 10.0 Å². The van der Waals surface area contributed by atoms with E-state index in [-0.39, 0.29) is 9.92 Å². The molecule has 0 saturated carbocycles. The zero-order valence-electron chi connectivity index (χ0n) is 7.88. The third-order valence-corrected chi connectivity index (χ3v) is 3.20. The van der Waals surface area contributed by atoms with Crippen LogP contribution in [-0.2, 0) is 19.7 Å². The fourth-order valence-corrected chi connectivity index (χ4v) is 2.20. The van der Waals surface area contributed by atoms with Crippen LogP contribution >= 0.6 is 11.6 Å². The normalized spacial score (nSPS) is 11.3. The molecule has 0 heterocycles. The fourth-order valence-electron chi connectivity index (χ4n) is 0.876. The molecule has 0 spiro atoms. The number of carboxylic acids is 1. The second kappa shape index (κ2) is 5.26. The van der Waals surface area contributed by atoms with E-state index in [1.165, 1.54) is 18.2 Å². The van der Waals surface area contributed by atoms with Gasteiger partial charge in [-0.25, -0.2) is 13.2 Å². The molecular formula is C8H8ClNO5S. The van der Waals surface area contributed by atoms with Gasteiger partial charge < -0.3 is 5.11 Å². The SMILES string of the molecule is O=C(O)CONS(=O)(=O)c1ccccc1Cl. The van der Waals surface area contributed by atoms with E-state index in [0.29, 0.717) is 0 Å². The number of sulfonamides is 1. The first-order chi connectivity index (χ1) is 7.43. The van der Waals surface area contributed by atoms with E-state index in [0.717, 1.165) is 0 Å². The molecule has 2 N–H and O–H groups in total. The molecule has 0 aromatic heterocycles. The minimum absolute atomic E-state index is 0.0222. The van der Waals surface area contributed by atoms with Crippen LogP contribution in [0.3, 0.4) is 0 Å². The molecule has 0 fully saturated rings. The van der Waals surface area contributed by atoms with E-state index in [1.54, 1.807) is 11.0 Å². The number of carbonyl (C=O) groups is 1. The van der Waals surface area contributed by atoms with Crippen molar-refractivity contribution in [2.45, 2.75) is 4.90 Å². The van der Waals surface area contributed by atoms with Crippen LogP contribution in [0.4, 0.5) is 0 Å². The number of halogens is 1. The van der Waals surface area contributed by atoms with Crippen molar-refractivity contribution < 1.29 is 23.2 Å². The highest BCUT2D eigenvalue weighted by Crippen LogP contribution is 2.19.